The van der Waals surface area contributed by atoms with E-state index >= 15 is 0 Å². The van der Waals surface area contributed by atoms with Gasteiger partial charge >= 0.3 is 5.97 Å². The van der Waals surface area contributed by atoms with Crippen LogP contribution in [0, 0.1) is 6.92 Å². The van der Waals surface area contributed by atoms with Gasteiger partial charge < -0.3 is 14.6 Å². The smallest absolute Gasteiger partial charge is 0.340 e. The molecule has 6 heteroatoms. The molecule has 0 bridgehead atoms. The number of nitrogens with zero attached hydrogens (tertiary/aromatic N) is 1. The minimum Gasteiger partial charge on any atom is -0.503 e. The molecule has 1 heterocycles. The van der Waals surface area contributed by atoms with Gasteiger partial charge in [-0.3, -0.25) is 9.69 Å². The largest absolute Gasteiger partial charge is 0.503 e. The third-order valence-corrected chi connectivity index (χ3v) is 4.45. The SMILES string of the molecule is CCOC(=O)C1=C(O)C(=O)N(c2ccc(C)cc2)[C@H]1c1ccc(OC)cc1. The van der Waals surface area contributed by atoms with Crippen molar-refractivity contribution >= 4 is 17.6 Å². The summed E-state index contributed by atoms with van der Waals surface area (Å²) in [7, 11) is 1.56. The van der Waals surface area contributed by atoms with E-state index in [2.05, 4.69) is 0 Å². The molecule has 1 amide bonds. The summed E-state index contributed by atoms with van der Waals surface area (Å²) in [6.07, 6.45) is 0. The van der Waals surface area contributed by atoms with Gasteiger partial charge in [-0.05, 0) is 43.7 Å². The summed E-state index contributed by atoms with van der Waals surface area (Å²) < 4.78 is 10.3. The summed E-state index contributed by atoms with van der Waals surface area (Å²) >= 11 is 0. The molecular weight excluding hydrogens is 346 g/mol. The zero-order valence-electron chi connectivity index (χ0n) is 15.4. The molecule has 6 nitrogen and oxygen atoms in total. The van der Waals surface area contributed by atoms with Crippen LogP contribution < -0.4 is 9.64 Å². The van der Waals surface area contributed by atoms with Crippen LogP contribution in [0.25, 0.3) is 0 Å². The molecule has 0 spiro atoms. The maximum absolute atomic E-state index is 12.8. The molecule has 0 fully saturated rings. The summed E-state index contributed by atoms with van der Waals surface area (Å²) in [5.41, 5.74) is 2.22. The van der Waals surface area contributed by atoms with Gasteiger partial charge in [0.05, 0.1) is 19.8 Å². The van der Waals surface area contributed by atoms with E-state index in [1.165, 1.54) is 4.90 Å². The van der Waals surface area contributed by atoms with E-state index in [-0.39, 0.29) is 12.2 Å². The van der Waals surface area contributed by atoms with E-state index in [4.69, 9.17) is 9.47 Å². The van der Waals surface area contributed by atoms with Gasteiger partial charge in [-0.1, -0.05) is 29.8 Å². The number of aryl methyl sites for hydroxylation is 1. The Bertz CT molecular complexity index is 884. The Balaban J connectivity index is 2.12. The fourth-order valence-corrected chi connectivity index (χ4v) is 3.10. The highest BCUT2D eigenvalue weighted by molar-refractivity contribution is 6.15. The molecule has 1 aliphatic rings. The lowest BCUT2D eigenvalue weighted by Gasteiger charge is -2.27. The Morgan fingerprint density at radius 2 is 1.74 bits per heavy atom. The van der Waals surface area contributed by atoms with Gasteiger partial charge in [0.1, 0.15) is 11.3 Å². The molecule has 0 aromatic heterocycles. The summed E-state index contributed by atoms with van der Waals surface area (Å²) in [6, 6.07) is 13.5. The normalized spacial score (nSPS) is 16.6. The average Bonchev–Trinajstić information content (AvgIpc) is 2.94. The highest BCUT2D eigenvalue weighted by Gasteiger charge is 2.45. The van der Waals surface area contributed by atoms with Crippen molar-refractivity contribution in [2.45, 2.75) is 19.9 Å². The fourth-order valence-electron chi connectivity index (χ4n) is 3.10. The van der Waals surface area contributed by atoms with E-state index in [9.17, 15) is 14.7 Å². The van der Waals surface area contributed by atoms with Crippen LogP contribution in [-0.4, -0.2) is 30.7 Å². The first-order valence-corrected chi connectivity index (χ1v) is 8.62. The first-order chi connectivity index (χ1) is 13.0. The highest BCUT2D eigenvalue weighted by atomic mass is 16.5. The van der Waals surface area contributed by atoms with Crippen molar-refractivity contribution in [1.29, 1.82) is 0 Å². The number of anilines is 1. The lowest BCUT2D eigenvalue weighted by molar-refractivity contribution is -0.139. The molecule has 2 aromatic rings. The molecule has 27 heavy (non-hydrogen) atoms. The zero-order valence-corrected chi connectivity index (χ0v) is 15.4. The molecule has 140 valence electrons. The standard InChI is InChI=1S/C21H21NO5/c1-4-27-21(25)17-18(14-7-11-16(26-3)12-8-14)22(20(24)19(17)23)15-9-5-13(2)6-10-15/h5-12,18,23H,4H2,1-3H3/t18-/m0/s1. The van der Waals surface area contributed by atoms with E-state index in [1.807, 2.05) is 19.1 Å². The monoisotopic (exact) mass is 367 g/mol. The third kappa shape index (κ3) is 3.38. The predicted octanol–water partition coefficient (Wildman–Crippen LogP) is 3.47. The number of methoxy groups -OCH3 is 1. The van der Waals surface area contributed by atoms with Crippen molar-refractivity contribution in [3.05, 3.63) is 71.0 Å². The number of amides is 1. The molecule has 2 aromatic carbocycles. The van der Waals surface area contributed by atoms with Crippen LogP contribution in [0.3, 0.4) is 0 Å². The van der Waals surface area contributed by atoms with Gasteiger partial charge in [0.2, 0.25) is 0 Å². The highest BCUT2D eigenvalue weighted by Crippen LogP contribution is 2.41. The first kappa shape index (κ1) is 18.5. The van der Waals surface area contributed by atoms with E-state index in [1.54, 1.807) is 50.4 Å². The Morgan fingerprint density at radius 3 is 2.30 bits per heavy atom. The molecule has 1 aliphatic heterocycles. The van der Waals surface area contributed by atoms with Gasteiger partial charge in [-0.15, -0.1) is 0 Å². The summed E-state index contributed by atoms with van der Waals surface area (Å²) in [4.78, 5) is 26.7. The van der Waals surface area contributed by atoms with Crippen LogP contribution in [0.2, 0.25) is 0 Å². The maximum atomic E-state index is 12.8. The van der Waals surface area contributed by atoms with Crippen molar-refractivity contribution in [2.24, 2.45) is 0 Å². The summed E-state index contributed by atoms with van der Waals surface area (Å²) in [5, 5.41) is 10.4. The second-order valence-electron chi connectivity index (χ2n) is 6.17. The van der Waals surface area contributed by atoms with Crippen LogP contribution in [0.15, 0.2) is 59.9 Å². The second-order valence-corrected chi connectivity index (χ2v) is 6.17. The minimum atomic E-state index is -0.787. The molecule has 0 unspecified atom stereocenters. The van der Waals surface area contributed by atoms with Gasteiger partial charge in [0, 0.05) is 5.69 Å². The number of rotatable bonds is 5. The van der Waals surface area contributed by atoms with Crippen molar-refractivity contribution in [1.82, 2.24) is 0 Å². The number of esters is 1. The predicted molar refractivity (Wildman–Crippen MR) is 101 cm³/mol. The number of benzene rings is 2. The molecule has 0 saturated heterocycles. The lowest BCUT2D eigenvalue weighted by atomic mass is 9.98. The summed E-state index contributed by atoms with van der Waals surface area (Å²) in [6.45, 7) is 3.76. The molecule has 0 aliphatic carbocycles. The number of aliphatic hydroxyl groups is 1. The Morgan fingerprint density at radius 1 is 1.11 bits per heavy atom. The van der Waals surface area contributed by atoms with Crippen LogP contribution in [-0.2, 0) is 14.3 Å². The van der Waals surface area contributed by atoms with E-state index in [0.29, 0.717) is 17.0 Å². The number of hydrogen-bond acceptors (Lipinski definition) is 5. The van der Waals surface area contributed by atoms with Crippen molar-refractivity contribution < 1.29 is 24.2 Å². The second kappa shape index (κ2) is 7.53. The van der Waals surface area contributed by atoms with Gasteiger partial charge in [0.15, 0.2) is 5.76 Å². The molecule has 3 rings (SSSR count). The number of carbonyl (C=O) groups is 2. The fraction of sp³-hybridized carbons (Fsp3) is 0.238. The number of carbonyl (C=O) groups excluding carboxylic acids is 2. The topological polar surface area (TPSA) is 76.1 Å². The van der Waals surface area contributed by atoms with E-state index < -0.39 is 23.7 Å². The van der Waals surface area contributed by atoms with Gasteiger partial charge in [-0.25, -0.2) is 4.79 Å². The number of aliphatic hydroxyl groups excluding tert-OH is 1. The molecule has 0 radical (unpaired) electrons. The van der Waals surface area contributed by atoms with Gasteiger partial charge in [0.25, 0.3) is 5.91 Å². The third-order valence-electron chi connectivity index (χ3n) is 4.45. The van der Waals surface area contributed by atoms with Crippen LogP contribution in [0.1, 0.15) is 24.1 Å². The van der Waals surface area contributed by atoms with Crippen LogP contribution in [0.4, 0.5) is 5.69 Å². The molecule has 1 atom stereocenters. The Labute approximate surface area is 157 Å². The number of ether oxygens (including phenoxy) is 2. The maximum Gasteiger partial charge on any atom is 0.340 e. The minimum absolute atomic E-state index is 0.0624. The number of hydrogen-bond donors (Lipinski definition) is 1. The first-order valence-electron chi connectivity index (χ1n) is 8.62. The summed E-state index contributed by atoms with van der Waals surface area (Å²) in [5.74, 6) is -1.29. The molecule has 0 saturated carbocycles. The Hall–Kier alpha value is -3.28. The Kier molecular flexibility index (Phi) is 5.16. The van der Waals surface area contributed by atoms with E-state index in [0.717, 1.165) is 5.56 Å². The van der Waals surface area contributed by atoms with Crippen LogP contribution >= 0.6 is 0 Å². The lowest BCUT2D eigenvalue weighted by Crippen LogP contribution is -2.31. The van der Waals surface area contributed by atoms with Gasteiger partial charge in [-0.2, -0.15) is 0 Å². The molecular formula is C21H21NO5. The van der Waals surface area contributed by atoms with Crippen LogP contribution in [0.5, 0.6) is 5.75 Å². The average molecular weight is 367 g/mol. The molecule has 1 N–H and O–H groups in total. The van der Waals surface area contributed by atoms with Crippen molar-refractivity contribution in [2.75, 3.05) is 18.6 Å². The quantitative estimate of drug-likeness (QED) is 0.819. The van der Waals surface area contributed by atoms with Crippen molar-refractivity contribution in [3.63, 3.8) is 0 Å². The van der Waals surface area contributed by atoms with Crippen molar-refractivity contribution in [3.8, 4) is 5.75 Å². The zero-order chi connectivity index (χ0) is 19.6.